The Kier molecular flexibility index (Phi) is 7.18. The number of aromatic nitrogens is 1. The molecule has 2 heterocycles. The Morgan fingerprint density at radius 2 is 2.12 bits per heavy atom. The van der Waals surface area contributed by atoms with Crippen molar-refractivity contribution in [3.05, 3.63) is 17.8 Å². The molecule has 5 nitrogen and oxygen atoms in total. The van der Waals surface area contributed by atoms with Crippen molar-refractivity contribution in [2.45, 2.75) is 13.3 Å². The van der Waals surface area contributed by atoms with E-state index in [9.17, 15) is 4.79 Å². The first-order chi connectivity index (χ1) is 7.33. The summed E-state index contributed by atoms with van der Waals surface area (Å²) >= 11 is 0. The molecule has 0 saturated carbocycles. The van der Waals surface area contributed by atoms with Crippen molar-refractivity contribution < 1.29 is 9.21 Å². The zero-order valence-electron chi connectivity index (χ0n) is 9.64. The van der Waals surface area contributed by atoms with Crippen LogP contribution in [0.1, 0.15) is 23.2 Å². The lowest BCUT2D eigenvalue weighted by atomic mass is 10.2. The first kappa shape index (κ1) is 16.2. The minimum atomic E-state index is -0.0119. The highest BCUT2D eigenvalue weighted by molar-refractivity contribution is 5.93. The van der Waals surface area contributed by atoms with E-state index in [1.807, 2.05) is 11.8 Å². The molecule has 1 aliphatic rings. The summed E-state index contributed by atoms with van der Waals surface area (Å²) in [5, 5.41) is 3.21. The molecule has 0 bridgehead atoms. The fraction of sp³-hybridized carbons (Fsp3) is 0.600. The van der Waals surface area contributed by atoms with Gasteiger partial charge in [0, 0.05) is 32.6 Å². The lowest BCUT2D eigenvalue weighted by Gasteiger charge is -2.26. The molecule has 0 spiro atoms. The summed E-state index contributed by atoms with van der Waals surface area (Å²) in [5.74, 6) is 0.667. The van der Waals surface area contributed by atoms with E-state index in [2.05, 4.69) is 10.3 Å². The summed E-state index contributed by atoms with van der Waals surface area (Å²) in [7, 11) is 0. The molecule has 7 heteroatoms. The average molecular weight is 282 g/mol. The zero-order valence-corrected chi connectivity index (χ0v) is 11.3. The fourth-order valence-corrected chi connectivity index (χ4v) is 1.71. The van der Waals surface area contributed by atoms with Gasteiger partial charge in [0.25, 0.3) is 5.91 Å². The van der Waals surface area contributed by atoms with Gasteiger partial charge in [-0.1, -0.05) is 6.92 Å². The van der Waals surface area contributed by atoms with E-state index >= 15 is 0 Å². The molecule has 0 atom stereocenters. The second-order valence-electron chi connectivity index (χ2n) is 3.52. The number of halogens is 2. The largest absolute Gasteiger partial charge is 0.448 e. The topological polar surface area (TPSA) is 58.4 Å². The molecule has 17 heavy (non-hydrogen) atoms. The first-order valence-electron chi connectivity index (χ1n) is 5.25. The maximum atomic E-state index is 12.0. The van der Waals surface area contributed by atoms with Gasteiger partial charge in [-0.3, -0.25) is 4.79 Å². The number of rotatable bonds is 2. The van der Waals surface area contributed by atoms with Crippen LogP contribution in [-0.4, -0.2) is 42.0 Å². The second-order valence-corrected chi connectivity index (χ2v) is 3.52. The van der Waals surface area contributed by atoms with Gasteiger partial charge >= 0.3 is 0 Å². The van der Waals surface area contributed by atoms with Crippen molar-refractivity contribution in [2.75, 3.05) is 26.2 Å². The predicted molar refractivity (Wildman–Crippen MR) is 69.2 cm³/mol. The number of amides is 1. The normalized spacial score (nSPS) is 14.8. The maximum Gasteiger partial charge on any atom is 0.276 e. The van der Waals surface area contributed by atoms with Crippen LogP contribution in [0.5, 0.6) is 0 Å². The highest BCUT2D eigenvalue weighted by Crippen LogP contribution is 2.11. The van der Waals surface area contributed by atoms with E-state index < -0.39 is 0 Å². The van der Waals surface area contributed by atoms with Crippen molar-refractivity contribution in [1.29, 1.82) is 0 Å². The standard InChI is InChI=1S/C10H15N3O2.2ClH/c1-2-8-9(12-7-15-8)10(14)13-5-3-11-4-6-13;;/h7,11H,2-6H2,1H3;2*1H. The summed E-state index contributed by atoms with van der Waals surface area (Å²) in [5.41, 5.74) is 0.472. The van der Waals surface area contributed by atoms with Gasteiger partial charge in [-0.05, 0) is 0 Å². The summed E-state index contributed by atoms with van der Waals surface area (Å²) < 4.78 is 5.15. The monoisotopic (exact) mass is 281 g/mol. The SMILES string of the molecule is CCc1ocnc1C(=O)N1CCNCC1.Cl.Cl. The van der Waals surface area contributed by atoms with Gasteiger partial charge in [-0.15, -0.1) is 24.8 Å². The van der Waals surface area contributed by atoms with Crippen molar-refractivity contribution >= 4 is 30.7 Å². The van der Waals surface area contributed by atoms with E-state index in [1.54, 1.807) is 0 Å². The predicted octanol–water partition coefficient (Wildman–Crippen LogP) is 1.13. The molecular weight excluding hydrogens is 265 g/mol. The summed E-state index contributed by atoms with van der Waals surface area (Å²) in [6.07, 6.45) is 2.04. The lowest BCUT2D eigenvalue weighted by molar-refractivity contribution is 0.0728. The molecule has 1 aliphatic heterocycles. The molecule has 2 rings (SSSR count). The van der Waals surface area contributed by atoms with E-state index in [0.717, 1.165) is 26.2 Å². The minimum absolute atomic E-state index is 0. The van der Waals surface area contributed by atoms with E-state index in [-0.39, 0.29) is 30.7 Å². The van der Waals surface area contributed by atoms with Crippen LogP contribution in [0.15, 0.2) is 10.8 Å². The number of oxazole rings is 1. The minimum Gasteiger partial charge on any atom is -0.448 e. The molecule has 98 valence electrons. The van der Waals surface area contributed by atoms with E-state index in [1.165, 1.54) is 6.39 Å². The quantitative estimate of drug-likeness (QED) is 0.883. The lowest BCUT2D eigenvalue weighted by Crippen LogP contribution is -2.46. The molecule has 0 aliphatic carbocycles. The number of aryl methyl sites for hydroxylation is 1. The Balaban J connectivity index is 0.00000128. The van der Waals surface area contributed by atoms with Crippen LogP contribution in [0.25, 0.3) is 0 Å². The van der Waals surface area contributed by atoms with Crippen molar-refractivity contribution in [3.63, 3.8) is 0 Å². The molecule has 0 unspecified atom stereocenters. The number of nitrogens with zero attached hydrogens (tertiary/aromatic N) is 2. The molecule has 1 N–H and O–H groups in total. The Morgan fingerprint density at radius 3 is 2.71 bits per heavy atom. The Morgan fingerprint density at radius 1 is 1.47 bits per heavy atom. The number of hydrogen-bond donors (Lipinski definition) is 1. The molecule has 1 saturated heterocycles. The third-order valence-electron chi connectivity index (χ3n) is 2.57. The Bertz CT molecular complexity index is 351. The van der Waals surface area contributed by atoms with Gasteiger partial charge in [0.05, 0.1) is 0 Å². The van der Waals surface area contributed by atoms with Gasteiger partial charge in [0.1, 0.15) is 5.76 Å². The molecule has 1 amide bonds. The highest BCUT2D eigenvalue weighted by atomic mass is 35.5. The van der Waals surface area contributed by atoms with Crippen LogP contribution in [0.3, 0.4) is 0 Å². The molecule has 0 aromatic carbocycles. The molecule has 1 aromatic rings. The van der Waals surface area contributed by atoms with Crippen molar-refractivity contribution in [3.8, 4) is 0 Å². The van der Waals surface area contributed by atoms with Gasteiger partial charge in [0.15, 0.2) is 12.1 Å². The van der Waals surface area contributed by atoms with Crippen LogP contribution in [0.2, 0.25) is 0 Å². The van der Waals surface area contributed by atoms with Crippen molar-refractivity contribution in [2.24, 2.45) is 0 Å². The van der Waals surface area contributed by atoms with Crippen LogP contribution < -0.4 is 5.32 Å². The van der Waals surface area contributed by atoms with Crippen LogP contribution in [0.4, 0.5) is 0 Å². The van der Waals surface area contributed by atoms with Crippen LogP contribution in [0, 0.1) is 0 Å². The van der Waals surface area contributed by atoms with Gasteiger partial charge in [-0.2, -0.15) is 0 Å². The van der Waals surface area contributed by atoms with E-state index in [4.69, 9.17) is 4.42 Å². The third kappa shape index (κ3) is 3.59. The van der Waals surface area contributed by atoms with Gasteiger partial charge < -0.3 is 14.6 Å². The smallest absolute Gasteiger partial charge is 0.276 e. The van der Waals surface area contributed by atoms with Crippen molar-refractivity contribution in [1.82, 2.24) is 15.2 Å². The number of carbonyl (C=O) groups excluding carboxylic acids is 1. The second kappa shape index (κ2) is 7.53. The number of hydrogen-bond acceptors (Lipinski definition) is 4. The van der Waals surface area contributed by atoms with E-state index in [0.29, 0.717) is 17.9 Å². The average Bonchev–Trinajstić information content (AvgIpc) is 2.77. The summed E-state index contributed by atoms with van der Waals surface area (Å²) in [4.78, 5) is 17.8. The number of nitrogens with one attached hydrogen (secondary N) is 1. The molecule has 0 radical (unpaired) electrons. The van der Waals surface area contributed by atoms with Crippen LogP contribution in [-0.2, 0) is 6.42 Å². The van der Waals surface area contributed by atoms with Gasteiger partial charge in [0.2, 0.25) is 0 Å². The molecule has 1 fully saturated rings. The Hall–Kier alpha value is -0.780. The first-order valence-corrected chi connectivity index (χ1v) is 5.25. The highest BCUT2D eigenvalue weighted by Gasteiger charge is 2.22. The molecule has 1 aromatic heterocycles. The fourth-order valence-electron chi connectivity index (χ4n) is 1.71. The number of piperazine rings is 1. The maximum absolute atomic E-state index is 12.0. The zero-order chi connectivity index (χ0) is 10.7. The van der Waals surface area contributed by atoms with Gasteiger partial charge in [-0.25, -0.2) is 4.98 Å². The summed E-state index contributed by atoms with van der Waals surface area (Å²) in [6.45, 7) is 5.15. The summed E-state index contributed by atoms with van der Waals surface area (Å²) in [6, 6.07) is 0. The Labute approximate surface area is 113 Å². The molecular formula is C10H17Cl2N3O2. The van der Waals surface area contributed by atoms with Crippen LogP contribution >= 0.6 is 24.8 Å². The third-order valence-corrected chi connectivity index (χ3v) is 2.57. The number of carbonyl (C=O) groups is 1.